The predicted molar refractivity (Wildman–Crippen MR) is 255 cm³/mol. The smallest absolute Gasteiger partial charge is 0.407 e. The number of ether oxygens (including phenoxy) is 10. The second-order valence-electron chi connectivity index (χ2n) is 15.3. The quantitative estimate of drug-likeness (QED) is 0.0188. The van der Waals surface area contributed by atoms with Gasteiger partial charge in [0.05, 0.1) is 66.1 Å². The summed E-state index contributed by atoms with van der Waals surface area (Å²) >= 11 is 5.65. The maximum absolute atomic E-state index is 12.3. The SMILES string of the molecule is NOC(=O)CCCCCCC(=O)Cc1ccc(CCC(=O)OCCOCCOCCNC(=O)OC/C=C/COC(=O)CCCOCCOCCOC(=O)NCCOCCOCCCCCCCl)cc1. The van der Waals surface area contributed by atoms with E-state index in [-0.39, 0.29) is 103 Å². The van der Waals surface area contributed by atoms with E-state index >= 15 is 0 Å². The molecule has 2 amide bonds. The standard InChI is InChI=1S/C48H78ClN3O17/c49-21-7-3-4-8-24-59-30-32-61-29-23-52-48(58)68-39-37-64-34-31-60-25-11-14-44(54)65-26-9-10-27-67-47(57)51-22-28-62-33-35-63-36-38-66-45(55)20-19-41-15-17-42(18-16-41)40-43(53)12-5-1-2-6-13-46(56)69-50/h9-10,15-18H,1-8,11-14,19-40,50H2,(H,51,57)(H,52,58)/b10-9+. The van der Waals surface area contributed by atoms with Gasteiger partial charge in [-0.15, -0.1) is 11.6 Å². The van der Waals surface area contributed by atoms with Crippen molar-refractivity contribution in [3.8, 4) is 0 Å². The number of alkyl halides is 1. The zero-order chi connectivity index (χ0) is 50.1. The molecule has 0 aliphatic carbocycles. The van der Waals surface area contributed by atoms with Crippen LogP contribution < -0.4 is 16.5 Å². The number of alkyl carbamates (subject to hydrolysis) is 2. The Morgan fingerprint density at radius 3 is 1.54 bits per heavy atom. The van der Waals surface area contributed by atoms with Gasteiger partial charge in [-0.3, -0.25) is 19.2 Å². The fourth-order valence-corrected chi connectivity index (χ4v) is 6.02. The summed E-state index contributed by atoms with van der Waals surface area (Å²) in [6.07, 6.45) is 12.0. The minimum Gasteiger partial charge on any atom is -0.463 e. The van der Waals surface area contributed by atoms with Crippen molar-refractivity contribution in [2.24, 2.45) is 5.90 Å². The fourth-order valence-electron chi connectivity index (χ4n) is 5.83. The van der Waals surface area contributed by atoms with E-state index in [0.717, 1.165) is 56.1 Å². The molecule has 1 aromatic carbocycles. The van der Waals surface area contributed by atoms with Gasteiger partial charge < -0.3 is 62.8 Å². The topological polar surface area (TPSA) is 254 Å². The Labute approximate surface area is 412 Å². The minimum absolute atomic E-state index is 0.000122. The molecular formula is C48H78ClN3O17. The number of nitrogens with one attached hydrogen (secondary N) is 2. The number of nitrogens with two attached hydrogens (primary N) is 1. The van der Waals surface area contributed by atoms with E-state index in [1.165, 1.54) is 0 Å². The summed E-state index contributed by atoms with van der Waals surface area (Å²) in [5.41, 5.74) is 1.90. The normalized spacial score (nSPS) is 11.0. The number of Topliss-reactive ketones (excluding diaryl/α,β-unsaturated/α-hetero) is 1. The van der Waals surface area contributed by atoms with Crippen LogP contribution in [-0.4, -0.2) is 161 Å². The van der Waals surface area contributed by atoms with Crippen molar-refractivity contribution in [1.29, 1.82) is 0 Å². The van der Waals surface area contributed by atoms with Gasteiger partial charge in [0.25, 0.3) is 0 Å². The Balaban J connectivity index is 1.85. The van der Waals surface area contributed by atoms with Crippen molar-refractivity contribution in [2.75, 3.05) is 125 Å². The summed E-state index contributed by atoms with van der Waals surface area (Å²) in [4.78, 5) is 75.0. The number of hydrogen-bond donors (Lipinski definition) is 3. The lowest BCUT2D eigenvalue weighted by Crippen LogP contribution is -2.29. The molecule has 0 atom stereocenters. The van der Waals surface area contributed by atoms with Crippen LogP contribution in [0.1, 0.15) is 94.6 Å². The van der Waals surface area contributed by atoms with Gasteiger partial charge in [0.2, 0.25) is 0 Å². The minimum atomic E-state index is -0.620. The molecule has 0 heterocycles. The Hall–Kier alpha value is -4.41. The van der Waals surface area contributed by atoms with Crippen LogP contribution in [-0.2, 0) is 84.2 Å². The number of halogens is 1. The van der Waals surface area contributed by atoms with Crippen LogP contribution in [0.4, 0.5) is 9.59 Å². The third kappa shape index (κ3) is 43.4. The van der Waals surface area contributed by atoms with Crippen LogP contribution in [0, 0.1) is 0 Å². The zero-order valence-corrected chi connectivity index (χ0v) is 41.2. The maximum atomic E-state index is 12.3. The van der Waals surface area contributed by atoms with Crippen molar-refractivity contribution >= 4 is 47.5 Å². The first kappa shape index (κ1) is 62.6. The van der Waals surface area contributed by atoms with Crippen molar-refractivity contribution in [3.63, 3.8) is 0 Å². The third-order valence-corrected chi connectivity index (χ3v) is 9.79. The number of amides is 2. The van der Waals surface area contributed by atoms with Crippen molar-refractivity contribution in [1.82, 2.24) is 10.6 Å². The summed E-state index contributed by atoms with van der Waals surface area (Å²) in [6, 6.07) is 7.63. The lowest BCUT2D eigenvalue weighted by Gasteiger charge is -2.09. The van der Waals surface area contributed by atoms with Crippen LogP contribution in [0.25, 0.3) is 0 Å². The molecule has 1 aromatic rings. The molecule has 0 aliphatic heterocycles. The zero-order valence-electron chi connectivity index (χ0n) is 40.4. The van der Waals surface area contributed by atoms with Gasteiger partial charge in [-0.25, -0.2) is 9.59 Å². The second-order valence-corrected chi connectivity index (χ2v) is 15.7. The Kier molecular flexibility index (Phi) is 42.9. The van der Waals surface area contributed by atoms with Crippen LogP contribution in [0.15, 0.2) is 36.4 Å². The molecule has 4 N–H and O–H groups in total. The van der Waals surface area contributed by atoms with Gasteiger partial charge >= 0.3 is 30.1 Å². The van der Waals surface area contributed by atoms with Crippen LogP contribution in [0.5, 0.6) is 0 Å². The van der Waals surface area contributed by atoms with Gasteiger partial charge in [0, 0.05) is 64.3 Å². The number of hydrogen-bond acceptors (Lipinski definition) is 18. The highest BCUT2D eigenvalue weighted by atomic mass is 35.5. The van der Waals surface area contributed by atoms with Gasteiger partial charge in [-0.1, -0.05) is 49.9 Å². The largest absolute Gasteiger partial charge is 0.463 e. The maximum Gasteiger partial charge on any atom is 0.407 e. The number of aryl methyl sites for hydroxylation is 1. The monoisotopic (exact) mass is 1000 g/mol. The Morgan fingerprint density at radius 1 is 0.449 bits per heavy atom. The van der Waals surface area contributed by atoms with Crippen molar-refractivity contribution in [3.05, 3.63) is 47.5 Å². The number of esters is 2. The molecule has 0 unspecified atom stereocenters. The van der Waals surface area contributed by atoms with E-state index in [0.29, 0.717) is 90.8 Å². The van der Waals surface area contributed by atoms with E-state index in [1.54, 1.807) is 12.2 Å². The number of rotatable bonds is 47. The average Bonchev–Trinajstić information content (AvgIpc) is 3.34. The molecular weight excluding hydrogens is 926 g/mol. The molecule has 0 saturated carbocycles. The van der Waals surface area contributed by atoms with Crippen LogP contribution in [0.3, 0.4) is 0 Å². The van der Waals surface area contributed by atoms with Crippen LogP contribution >= 0.6 is 11.6 Å². The Morgan fingerprint density at radius 2 is 0.913 bits per heavy atom. The number of unbranched alkanes of at least 4 members (excludes halogenated alkanes) is 6. The number of benzene rings is 1. The van der Waals surface area contributed by atoms with Gasteiger partial charge in [-0.2, -0.15) is 5.90 Å². The molecule has 0 spiro atoms. The average molecular weight is 1000 g/mol. The molecule has 21 heteroatoms. The first-order valence-electron chi connectivity index (χ1n) is 24.0. The summed E-state index contributed by atoms with van der Waals surface area (Å²) < 4.78 is 53.0. The molecule has 394 valence electrons. The van der Waals surface area contributed by atoms with Gasteiger partial charge in [-0.05, 0) is 61.8 Å². The highest BCUT2D eigenvalue weighted by Gasteiger charge is 2.09. The summed E-state index contributed by atoms with van der Waals surface area (Å²) in [6.45, 7) is 5.14. The molecule has 0 saturated heterocycles. The molecule has 20 nitrogen and oxygen atoms in total. The number of carbonyl (C=O) groups is 6. The molecule has 1 rings (SSSR count). The fraction of sp³-hybridized carbons (Fsp3) is 0.708. The first-order chi connectivity index (χ1) is 33.7. The van der Waals surface area contributed by atoms with Crippen molar-refractivity contribution < 1.29 is 81.0 Å². The van der Waals surface area contributed by atoms with E-state index in [9.17, 15) is 28.8 Å². The van der Waals surface area contributed by atoms with E-state index in [1.807, 2.05) is 24.3 Å². The summed E-state index contributed by atoms with van der Waals surface area (Å²) in [5.74, 6) is 4.54. The van der Waals surface area contributed by atoms with E-state index < -0.39 is 18.2 Å². The van der Waals surface area contributed by atoms with Gasteiger partial charge in [0.1, 0.15) is 32.2 Å². The molecule has 0 fully saturated rings. The predicted octanol–water partition coefficient (Wildman–Crippen LogP) is 5.26. The third-order valence-electron chi connectivity index (χ3n) is 9.52. The van der Waals surface area contributed by atoms with Crippen molar-refractivity contribution in [2.45, 2.75) is 96.3 Å². The first-order valence-corrected chi connectivity index (χ1v) is 24.6. The number of ketones is 1. The summed E-state index contributed by atoms with van der Waals surface area (Å²) in [7, 11) is 0. The molecule has 0 aromatic heterocycles. The van der Waals surface area contributed by atoms with Crippen LogP contribution in [0.2, 0.25) is 0 Å². The van der Waals surface area contributed by atoms with E-state index in [2.05, 4.69) is 15.5 Å². The highest BCUT2D eigenvalue weighted by Crippen LogP contribution is 2.12. The van der Waals surface area contributed by atoms with E-state index in [4.69, 9.17) is 64.9 Å². The molecule has 69 heavy (non-hydrogen) atoms. The molecule has 0 bridgehead atoms. The molecule has 0 aliphatic rings. The lowest BCUT2D eigenvalue weighted by molar-refractivity contribution is -0.145. The van der Waals surface area contributed by atoms with Gasteiger partial charge in [0.15, 0.2) is 0 Å². The highest BCUT2D eigenvalue weighted by molar-refractivity contribution is 6.17. The molecule has 0 radical (unpaired) electrons. The second kappa shape index (κ2) is 47.3. The lowest BCUT2D eigenvalue weighted by atomic mass is 10.0. The number of carbonyl (C=O) groups excluding carboxylic acids is 6. The Bertz CT molecular complexity index is 1510. The summed E-state index contributed by atoms with van der Waals surface area (Å²) in [5, 5.41) is 5.16.